The molecule has 7 nitrogen and oxygen atoms in total. The summed E-state index contributed by atoms with van der Waals surface area (Å²) in [4.78, 5) is 27.1. The first-order valence-electron chi connectivity index (χ1n) is 8.58. The molecule has 3 rings (SSSR count). The van der Waals surface area contributed by atoms with Gasteiger partial charge in [0.1, 0.15) is 6.04 Å². The molecule has 0 bridgehead atoms. The van der Waals surface area contributed by atoms with E-state index < -0.39 is 16.1 Å². The lowest BCUT2D eigenvalue weighted by Gasteiger charge is -2.23. The molecule has 2 aromatic rings. The summed E-state index contributed by atoms with van der Waals surface area (Å²) in [6, 6.07) is 14.3. The van der Waals surface area contributed by atoms with E-state index in [1.807, 2.05) is 6.07 Å². The van der Waals surface area contributed by atoms with Gasteiger partial charge in [0, 0.05) is 31.1 Å². The molecule has 1 N–H and O–H groups in total. The number of nitrogens with zero attached hydrogens (tertiary/aromatic N) is 2. The molecule has 2 aromatic carbocycles. The van der Waals surface area contributed by atoms with Gasteiger partial charge >= 0.3 is 0 Å². The van der Waals surface area contributed by atoms with Crippen molar-refractivity contribution in [3.8, 4) is 0 Å². The Balaban J connectivity index is 1.77. The van der Waals surface area contributed by atoms with Crippen LogP contribution in [0.3, 0.4) is 0 Å². The molecule has 0 saturated carbocycles. The van der Waals surface area contributed by atoms with Gasteiger partial charge in [-0.25, -0.2) is 12.7 Å². The van der Waals surface area contributed by atoms with Crippen LogP contribution in [0.25, 0.3) is 0 Å². The van der Waals surface area contributed by atoms with Gasteiger partial charge < -0.3 is 10.2 Å². The van der Waals surface area contributed by atoms with Gasteiger partial charge in [-0.1, -0.05) is 24.3 Å². The minimum absolute atomic E-state index is 0.0910. The Hall–Kier alpha value is -2.36. The smallest absolute Gasteiger partial charge is 0.255 e. The van der Waals surface area contributed by atoms with Crippen LogP contribution in [-0.4, -0.2) is 61.2 Å². The number of carbonyl (C=O) groups is 2. The second-order valence-electron chi connectivity index (χ2n) is 6.46. The maximum atomic E-state index is 12.8. The first kappa shape index (κ1) is 20.4. The van der Waals surface area contributed by atoms with Crippen LogP contribution in [-0.2, 0) is 14.8 Å². The quantitative estimate of drug-likeness (QED) is 0.802. The van der Waals surface area contributed by atoms with E-state index in [-0.39, 0.29) is 16.7 Å². The average molecular weight is 420 g/mol. The maximum Gasteiger partial charge on any atom is 0.255 e. The summed E-state index contributed by atoms with van der Waals surface area (Å²) in [5, 5.41) is 2.74. The van der Waals surface area contributed by atoms with E-state index in [1.165, 1.54) is 42.9 Å². The molecule has 0 unspecified atom stereocenters. The van der Waals surface area contributed by atoms with Crippen molar-refractivity contribution >= 4 is 39.3 Å². The van der Waals surface area contributed by atoms with Crippen LogP contribution in [0.5, 0.6) is 0 Å². The summed E-state index contributed by atoms with van der Waals surface area (Å²) >= 11 is 1.51. The highest BCUT2D eigenvalue weighted by atomic mass is 32.2. The van der Waals surface area contributed by atoms with Crippen LogP contribution in [0.1, 0.15) is 10.4 Å². The summed E-state index contributed by atoms with van der Waals surface area (Å²) in [5.41, 5.74) is 0.902. The van der Waals surface area contributed by atoms with Gasteiger partial charge in [0.2, 0.25) is 15.9 Å². The number of anilines is 1. The van der Waals surface area contributed by atoms with Gasteiger partial charge in [0.15, 0.2) is 0 Å². The molecule has 1 atom stereocenters. The third-order valence-electron chi connectivity index (χ3n) is 4.35. The molecule has 28 heavy (non-hydrogen) atoms. The number of carbonyl (C=O) groups excluding carboxylic acids is 2. The van der Waals surface area contributed by atoms with Crippen molar-refractivity contribution in [3.63, 3.8) is 0 Å². The maximum absolute atomic E-state index is 12.8. The van der Waals surface area contributed by atoms with Gasteiger partial charge in [0.25, 0.3) is 5.91 Å². The number of rotatable bonds is 5. The van der Waals surface area contributed by atoms with Crippen molar-refractivity contribution in [1.82, 2.24) is 9.21 Å². The number of hydrogen-bond donors (Lipinski definition) is 1. The number of benzene rings is 2. The zero-order valence-electron chi connectivity index (χ0n) is 15.5. The van der Waals surface area contributed by atoms with Crippen LogP contribution in [0, 0.1) is 0 Å². The summed E-state index contributed by atoms with van der Waals surface area (Å²) < 4.78 is 25.7. The first-order chi connectivity index (χ1) is 13.3. The van der Waals surface area contributed by atoms with Crippen molar-refractivity contribution < 1.29 is 18.0 Å². The molecule has 0 aliphatic carbocycles. The Kier molecular flexibility index (Phi) is 6.07. The van der Waals surface area contributed by atoms with E-state index in [1.54, 1.807) is 36.4 Å². The molecule has 1 fully saturated rings. The lowest BCUT2D eigenvalue weighted by molar-refractivity contribution is -0.119. The molecule has 0 aromatic heterocycles. The highest BCUT2D eigenvalue weighted by Gasteiger charge is 2.35. The van der Waals surface area contributed by atoms with E-state index in [9.17, 15) is 18.0 Å². The highest BCUT2D eigenvalue weighted by molar-refractivity contribution is 7.99. The molecule has 9 heteroatoms. The molecule has 148 valence electrons. The van der Waals surface area contributed by atoms with Crippen LogP contribution < -0.4 is 5.32 Å². The Morgan fingerprint density at radius 2 is 1.82 bits per heavy atom. The van der Waals surface area contributed by atoms with Gasteiger partial charge in [-0.2, -0.15) is 0 Å². The predicted molar refractivity (Wildman–Crippen MR) is 110 cm³/mol. The fraction of sp³-hybridized carbons (Fsp3) is 0.263. The zero-order chi connectivity index (χ0) is 20.3. The molecular weight excluding hydrogens is 398 g/mol. The first-order valence-corrected chi connectivity index (χ1v) is 11.2. The number of sulfonamides is 1. The minimum atomic E-state index is -3.60. The van der Waals surface area contributed by atoms with Crippen molar-refractivity contribution in [2.45, 2.75) is 10.9 Å². The van der Waals surface area contributed by atoms with E-state index >= 15 is 0 Å². The molecule has 1 heterocycles. The standard InChI is InChI=1S/C19H21N3O4S2/c1-21(2)28(25,26)16-10-6-9-15(11-16)20-18(23)17-12-27-13-22(17)19(24)14-7-4-3-5-8-14/h3-11,17H,12-13H2,1-2H3,(H,20,23)/t17-/m0/s1. The monoisotopic (exact) mass is 419 g/mol. The molecule has 1 saturated heterocycles. The zero-order valence-corrected chi connectivity index (χ0v) is 17.2. The summed E-state index contributed by atoms with van der Waals surface area (Å²) in [6.45, 7) is 0. The molecular formula is C19H21N3O4S2. The summed E-state index contributed by atoms with van der Waals surface area (Å²) in [6.07, 6.45) is 0. The Morgan fingerprint density at radius 3 is 2.50 bits per heavy atom. The summed E-state index contributed by atoms with van der Waals surface area (Å²) in [7, 11) is -0.705. The van der Waals surface area contributed by atoms with Crippen LogP contribution >= 0.6 is 11.8 Å². The number of hydrogen-bond acceptors (Lipinski definition) is 5. The molecule has 1 aliphatic rings. The van der Waals surface area contributed by atoms with Crippen molar-refractivity contribution in [1.29, 1.82) is 0 Å². The lowest BCUT2D eigenvalue weighted by atomic mass is 10.1. The summed E-state index contributed by atoms with van der Waals surface area (Å²) in [5.74, 6) is 0.379. The van der Waals surface area contributed by atoms with Gasteiger partial charge in [0.05, 0.1) is 10.8 Å². The van der Waals surface area contributed by atoms with Crippen LogP contribution in [0.4, 0.5) is 5.69 Å². The van der Waals surface area contributed by atoms with Crippen molar-refractivity contribution in [3.05, 3.63) is 60.2 Å². The van der Waals surface area contributed by atoms with E-state index in [0.29, 0.717) is 22.9 Å². The fourth-order valence-corrected chi connectivity index (χ4v) is 4.88. The predicted octanol–water partition coefficient (Wildman–Crippen LogP) is 2.09. The van der Waals surface area contributed by atoms with E-state index in [2.05, 4.69) is 5.32 Å². The molecule has 0 radical (unpaired) electrons. The fourth-order valence-electron chi connectivity index (χ4n) is 2.78. The number of thioether (sulfide) groups is 1. The van der Waals surface area contributed by atoms with Gasteiger partial charge in [-0.15, -0.1) is 11.8 Å². The topological polar surface area (TPSA) is 86.8 Å². The second kappa shape index (κ2) is 8.34. The van der Waals surface area contributed by atoms with Crippen LogP contribution in [0.15, 0.2) is 59.5 Å². The highest BCUT2D eigenvalue weighted by Crippen LogP contribution is 2.25. The third kappa shape index (κ3) is 4.21. The third-order valence-corrected chi connectivity index (χ3v) is 7.17. The van der Waals surface area contributed by atoms with E-state index in [0.717, 1.165) is 4.31 Å². The lowest BCUT2D eigenvalue weighted by Crippen LogP contribution is -2.44. The van der Waals surface area contributed by atoms with Gasteiger partial charge in [-0.3, -0.25) is 9.59 Å². The number of amides is 2. The SMILES string of the molecule is CN(C)S(=O)(=O)c1cccc(NC(=O)[C@@H]2CSCN2C(=O)c2ccccc2)c1. The Bertz CT molecular complexity index is 978. The largest absolute Gasteiger partial charge is 0.324 e. The number of nitrogens with one attached hydrogen (secondary N) is 1. The van der Waals surface area contributed by atoms with Crippen molar-refractivity contribution in [2.75, 3.05) is 31.0 Å². The second-order valence-corrected chi connectivity index (χ2v) is 9.61. The molecule has 2 amide bonds. The van der Waals surface area contributed by atoms with Crippen molar-refractivity contribution in [2.24, 2.45) is 0 Å². The van der Waals surface area contributed by atoms with Gasteiger partial charge in [-0.05, 0) is 30.3 Å². The minimum Gasteiger partial charge on any atom is -0.324 e. The molecule has 1 aliphatic heterocycles. The Labute approximate surface area is 168 Å². The Morgan fingerprint density at radius 1 is 1.11 bits per heavy atom. The van der Waals surface area contributed by atoms with Crippen LogP contribution in [0.2, 0.25) is 0 Å². The normalized spacial score (nSPS) is 17.0. The average Bonchev–Trinajstić information content (AvgIpc) is 3.18. The molecule has 0 spiro atoms. The van der Waals surface area contributed by atoms with E-state index in [4.69, 9.17) is 0 Å².